The summed E-state index contributed by atoms with van der Waals surface area (Å²) in [6.45, 7) is 7.80. The number of nitrogens with one attached hydrogen (secondary N) is 1. The molecule has 0 atom stereocenters. The molecule has 5 heteroatoms. The normalized spacial score (nSPS) is 10.7. The summed E-state index contributed by atoms with van der Waals surface area (Å²) < 4.78 is 7.09. The average Bonchev–Trinajstić information content (AvgIpc) is 2.90. The zero-order chi connectivity index (χ0) is 18.8. The number of carbonyl (C=O) groups excluding carboxylic acids is 1. The van der Waals surface area contributed by atoms with Crippen molar-refractivity contribution in [3.63, 3.8) is 0 Å². The van der Waals surface area contributed by atoms with Crippen LogP contribution in [0, 0.1) is 27.7 Å². The van der Waals surface area contributed by atoms with Crippen LogP contribution >= 0.6 is 0 Å². The first-order chi connectivity index (χ1) is 12.4. The second-order valence-electron chi connectivity index (χ2n) is 6.33. The minimum Gasteiger partial charge on any atom is -0.496 e. The van der Waals surface area contributed by atoms with Gasteiger partial charge in [-0.3, -0.25) is 10.2 Å². The van der Waals surface area contributed by atoms with Gasteiger partial charge in [-0.05, 0) is 45.4 Å². The number of nitrogens with zero attached hydrogens (tertiary/aromatic N) is 2. The number of hydrogen-bond donors (Lipinski definition) is 1. The van der Waals surface area contributed by atoms with E-state index in [9.17, 15) is 4.79 Å². The first-order valence-corrected chi connectivity index (χ1v) is 8.51. The number of hydrogen-bond acceptors (Lipinski definition) is 3. The fourth-order valence-corrected chi connectivity index (χ4v) is 3.00. The molecule has 2 aromatic carbocycles. The molecule has 0 aliphatic rings. The Morgan fingerprint density at radius 3 is 2.46 bits per heavy atom. The number of carbonyl (C=O) groups is 1. The van der Waals surface area contributed by atoms with E-state index in [2.05, 4.69) is 10.4 Å². The molecule has 1 heterocycles. The molecule has 1 aromatic heterocycles. The van der Waals surface area contributed by atoms with Gasteiger partial charge in [0.25, 0.3) is 5.91 Å². The molecule has 0 saturated heterocycles. The molecule has 0 aliphatic carbocycles. The van der Waals surface area contributed by atoms with Crippen molar-refractivity contribution in [1.82, 2.24) is 9.66 Å². The van der Waals surface area contributed by atoms with Gasteiger partial charge in [-0.2, -0.15) is 0 Å². The third-order valence-corrected chi connectivity index (χ3v) is 4.69. The Balaban J connectivity index is 2.04. The van der Waals surface area contributed by atoms with Crippen LogP contribution in [0.25, 0.3) is 11.4 Å². The summed E-state index contributed by atoms with van der Waals surface area (Å²) in [6.07, 6.45) is 0. The summed E-state index contributed by atoms with van der Waals surface area (Å²) in [5.74, 6) is 1.22. The van der Waals surface area contributed by atoms with E-state index in [-0.39, 0.29) is 5.91 Å². The van der Waals surface area contributed by atoms with Crippen molar-refractivity contribution in [3.05, 3.63) is 70.5 Å². The van der Waals surface area contributed by atoms with Gasteiger partial charge in [-0.15, -0.1) is 0 Å². The molecule has 134 valence electrons. The van der Waals surface area contributed by atoms with Crippen molar-refractivity contribution in [2.24, 2.45) is 0 Å². The van der Waals surface area contributed by atoms with E-state index in [1.165, 1.54) is 0 Å². The van der Waals surface area contributed by atoms with E-state index in [1.807, 2.05) is 64.1 Å². The molecular formula is C21H23N3O2. The number of imidazole rings is 1. The second kappa shape index (κ2) is 7.04. The molecule has 0 spiro atoms. The van der Waals surface area contributed by atoms with Crippen molar-refractivity contribution >= 4 is 5.91 Å². The smallest absolute Gasteiger partial charge is 0.270 e. The molecule has 0 radical (unpaired) electrons. The second-order valence-corrected chi connectivity index (χ2v) is 6.33. The minimum absolute atomic E-state index is 0.197. The van der Waals surface area contributed by atoms with Crippen molar-refractivity contribution in [2.75, 3.05) is 12.5 Å². The Labute approximate surface area is 153 Å². The van der Waals surface area contributed by atoms with E-state index in [0.29, 0.717) is 11.3 Å². The standard InChI is InChI=1S/C21H23N3O2/c1-13-9-6-7-10-17(13)20-22-15(3)16(4)24(20)23-21(25)18-11-8-12-19(26-5)14(18)2/h6-12H,1-5H3,(H,23,25). The average molecular weight is 349 g/mol. The lowest BCUT2D eigenvalue weighted by Crippen LogP contribution is -2.25. The highest BCUT2D eigenvalue weighted by Gasteiger charge is 2.18. The minimum atomic E-state index is -0.197. The van der Waals surface area contributed by atoms with Crippen molar-refractivity contribution in [1.29, 1.82) is 0 Å². The fourth-order valence-electron chi connectivity index (χ4n) is 3.00. The topological polar surface area (TPSA) is 56.1 Å². The van der Waals surface area contributed by atoms with Crippen LogP contribution in [0.2, 0.25) is 0 Å². The Hall–Kier alpha value is -3.08. The number of benzene rings is 2. The van der Waals surface area contributed by atoms with Crippen LogP contribution in [-0.4, -0.2) is 22.7 Å². The molecule has 1 amide bonds. The van der Waals surface area contributed by atoms with E-state index in [0.717, 1.165) is 33.9 Å². The lowest BCUT2D eigenvalue weighted by Gasteiger charge is -2.15. The maximum absolute atomic E-state index is 12.9. The molecule has 3 aromatic rings. The van der Waals surface area contributed by atoms with Gasteiger partial charge in [-0.25, -0.2) is 9.66 Å². The zero-order valence-electron chi connectivity index (χ0n) is 15.8. The van der Waals surface area contributed by atoms with Crippen molar-refractivity contribution in [3.8, 4) is 17.1 Å². The van der Waals surface area contributed by atoms with Crippen molar-refractivity contribution < 1.29 is 9.53 Å². The predicted octanol–water partition coefficient (Wildman–Crippen LogP) is 4.18. The number of amides is 1. The largest absolute Gasteiger partial charge is 0.496 e. The molecule has 1 N–H and O–H groups in total. The Morgan fingerprint density at radius 2 is 1.77 bits per heavy atom. The van der Waals surface area contributed by atoms with Crippen LogP contribution in [0.1, 0.15) is 32.9 Å². The highest BCUT2D eigenvalue weighted by molar-refractivity contribution is 6.02. The molecule has 0 saturated carbocycles. The van der Waals surface area contributed by atoms with Crippen LogP contribution in [0.3, 0.4) is 0 Å². The quantitative estimate of drug-likeness (QED) is 0.769. The first-order valence-electron chi connectivity index (χ1n) is 8.51. The highest BCUT2D eigenvalue weighted by atomic mass is 16.5. The van der Waals surface area contributed by atoms with Crippen LogP contribution < -0.4 is 10.2 Å². The van der Waals surface area contributed by atoms with Gasteiger partial charge in [0.05, 0.1) is 18.5 Å². The summed E-state index contributed by atoms with van der Waals surface area (Å²) in [5, 5.41) is 0. The SMILES string of the molecule is COc1cccc(C(=O)Nn2c(-c3ccccc3C)nc(C)c2C)c1C. The number of methoxy groups -OCH3 is 1. The summed E-state index contributed by atoms with van der Waals surface area (Å²) >= 11 is 0. The van der Waals surface area contributed by atoms with Gasteiger partial charge in [0, 0.05) is 16.7 Å². The summed E-state index contributed by atoms with van der Waals surface area (Å²) in [5.41, 5.74) is 8.25. The zero-order valence-corrected chi connectivity index (χ0v) is 15.8. The van der Waals surface area contributed by atoms with Crippen LogP contribution in [0.5, 0.6) is 5.75 Å². The third-order valence-electron chi connectivity index (χ3n) is 4.69. The molecule has 3 rings (SSSR count). The fraction of sp³-hybridized carbons (Fsp3) is 0.238. The van der Waals surface area contributed by atoms with Crippen molar-refractivity contribution in [2.45, 2.75) is 27.7 Å². The maximum atomic E-state index is 12.9. The number of rotatable bonds is 4. The molecule has 0 aliphatic heterocycles. The van der Waals surface area contributed by atoms with Gasteiger partial charge in [-0.1, -0.05) is 30.3 Å². The van der Waals surface area contributed by atoms with Gasteiger partial charge in [0.1, 0.15) is 5.75 Å². The number of aryl methyl sites for hydroxylation is 2. The van der Waals surface area contributed by atoms with Crippen LogP contribution in [-0.2, 0) is 0 Å². The third kappa shape index (κ3) is 3.08. The maximum Gasteiger partial charge on any atom is 0.270 e. The van der Waals surface area contributed by atoms with Crippen LogP contribution in [0.4, 0.5) is 0 Å². The van der Waals surface area contributed by atoms with E-state index < -0.39 is 0 Å². The Morgan fingerprint density at radius 1 is 1.04 bits per heavy atom. The molecule has 0 unspecified atom stereocenters. The molecular weight excluding hydrogens is 326 g/mol. The van der Waals surface area contributed by atoms with E-state index >= 15 is 0 Å². The number of aromatic nitrogens is 2. The lowest BCUT2D eigenvalue weighted by molar-refractivity contribution is 0.101. The highest BCUT2D eigenvalue weighted by Crippen LogP contribution is 2.25. The first kappa shape index (κ1) is 17.7. The molecule has 0 bridgehead atoms. The Bertz CT molecular complexity index is 973. The molecule has 26 heavy (non-hydrogen) atoms. The molecule has 0 fully saturated rings. The van der Waals surface area contributed by atoms with Crippen LogP contribution in [0.15, 0.2) is 42.5 Å². The summed E-state index contributed by atoms with van der Waals surface area (Å²) in [4.78, 5) is 17.6. The predicted molar refractivity (Wildman–Crippen MR) is 103 cm³/mol. The van der Waals surface area contributed by atoms with Gasteiger partial charge < -0.3 is 4.74 Å². The van der Waals surface area contributed by atoms with Gasteiger partial charge in [0.15, 0.2) is 5.82 Å². The van der Waals surface area contributed by atoms with Gasteiger partial charge >= 0.3 is 0 Å². The monoisotopic (exact) mass is 349 g/mol. The Kier molecular flexibility index (Phi) is 4.80. The van der Waals surface area contributed by atoms with E-state index in [4.69, 9.17) is 4.74 Å². The number of ether oxygens (including phenoxy) is 1. The van der Waals surface area contributed by atoms with Gasteiger partial charge in [0.2, 0.25) is 0 Å². The summed E-state index contributed by atoms with van der Waals surface area (Å²) in [6, 6.07) is 13.5. The molecule has 5 nitrogen and oxygen atoms in total. The van der Waals surface area contributed by atoms with E-state index in [1.54, 1.807) is 17.9 Å². The lowest BCUT2D eigenvalue weighted by atomic mass is 10.1. The summed E-state index contributed by atoms with van der Waals surface area (Å²) in [7, 11) is 1.60.